The highest BCUT2D eigenvalue weighted by Crippen LogP contribution is 2.44. The van der Waals surface area contributed by atoms with Crippen LogP contribution in [0.1, 0.15) is 47.0 Å². The van der Waals surface area contributed by atoms with Gasteiger partial charge in [0.05, 0.1) is 18.0 Å². The van der Waals surface area contributed by atoms with Gasteiger partial charge in [0.1, 0.15) is 18.2 Å². The van der Waals surface area contributed by atoms with E-state index in [1.807, 2.05) is 42.6 Å². The summed E-state index contributed by atoms with van der Waals surface area (Å²) >= 11 is 0. The van der Waals surface area contributed by atoms with Crippen molar-refractivity contribution in [3.05, 3.63) is 108 Å². The molecule has 2 aromatic heterocycles. The quantitative estimate of drug-likeness (QED) is 0.341. The lowest BCUT2D eigenvalue weighted by Crippen LogP contribution is -2.53. The fraction of sp³-hybridized carbons (Fsp3) is 0.343. The van der Waals surface area contributed by atoms with E-state index in [1.54, 1.807) is 0 Å². The van der Waals surface area contributed by atoms with E-state index < -0.39 is 0 Å². The van der Waals surface area contributed by atoms with Gasteiger partial charge >= 0.3 is 6.09 Å². The highest BCUT2D eigenvalue weighted by Gasteiger charge is 2.32. The maximum absolute atomic E-state index is 13.0. The van der Waals surface area contributed by atoms with Gasteiger partial charge in [0.15, 0.2) is 6.29 Å². The molecule has 10 heteroatoms. The van der Waals surface area contributed by atoms with Crippen LogP contribution < -0.4 is 15.4 Å². The van der Waals surface area contributed by atoms with E-state index in [9.17, 15) is 4.79 Å². The molecule has 8 rings (SSSR count). The van der Waals surface area contributed by atoms with Crippen molar-refractivity contribution < 1.29 is 14.3 Å². The number of imidazole rings is 1. The second-order valence-electron chi connectivity index (χ2n) is 11.6. The minimum Gasteiger partial charge on any atom is -0.492 e. The zero-order valence-corrected chi connectivity index (χ0v) is 25.6. The number of hydrogen-bond donors (Lipinski definition) is 2. The Morgan fingerprint density at radius 3 is 2.51 bits per heavy atom. The van der Waals surface area contributed by atoms with Crippen molar-refractivity contribution in [3.8, 4) is 16.9 Å². The molecule has 3 aliphatic heterocycles. The summed E-state index contributed by atoms with van der Waals surface area (Å²) in [5.74, 6) is 1.99. The van der Waals surface area contributed by atoms with Gasteiger partial charge in [-0.1, -0.05) is 48.5 Å². The molecule has 0 saturated carbocycles. The molecule has 1 unspecified atom stereocenters. The fourth-order valence-corrected chi connectivity index (χ4v) is 6.61. The van der Waals surface area contributed by atoms with Crippen molar-refractivity contribution in [3.63, 3.8) is 0 Å². The number of rotatable bonds is 5. The third-order valence-electron chi connectivity index (χ3n) is 8.83. The van der Waals surface area contributed by atoms with Crippen molar-refractivity contribution in [2.45, 2.75) is 31.6 Å². The lowest BCUT2D eigenvalue weighted by atomic mass is 9.98. The summed E-state index contributed by atoms with van der Waals surface area (Å²) in [6, 6.07) is 20.7. The normalized spacial score (nSPS) is 18.3. The SMILES string of the molecule is CNCc1cn2c(n1)C=CNC2N1CCN(C(=O)OCC2c3ccccc3-c3ccccc32)CC1.c1cnc2c(c1)OCCC2. The summed E-state index contributed by atoms with van der Waals surface area (Å²) in [7, 11) is 1.92. The molecule has 1 saturated heterocycles. The zero-order valence-electron chi connectivity index (χ0n) is 25.6. The van der Waals surface area contributed by atoms with Crippen LogP contribution >= 0.6 is 0 Å². The van der Waals surface area contributed by atoms with Crippen LogP contribution in [-0.4, -0.2) is 76.9 Å². The van der Waals surface area contributed by atoms with Crippen LogP contribution in [0.15, 0.2) is 79.3 Å². The van der Waals surface area contributed by atoms with E-state index in [2.05, 4.69) is 84.8 Å². The Bertz CT molecular complexity index is 1610. The Kier molecular flexibility index (Phi) is 8.48. The number of hydrogen-bond acceptors (Lipinski definition) is 8. The Balaban J connectivity index is 0.000000275. The second kappa shape index (κ2) is 13.1. The second-order valence-corrected chi connectivity index (χ2v) is 11.6. The molecule has 4 aliphatic rings. The summed E-state index contributed by atoms with van der Waals surface area (Å²) in [5.41, 5.74) is 7.06. The van der Waals surface area contributed by atoms with Crippen molar-refractivity contribution >= 4 is 12.2 Å². The molecule has 1 aliphatic carbocycles. The Labute approximate surface area is 263 Å². The van der Waals surface area contributed by atoms with Crippen molar-refractivity contribution in [1.29, 1.82) is 0 Å². The van der Waals surface area contributed by atoms with Crippen molar-refractivity contribution in [1.82, 2.24) is 35.0 Å². The molecular formula is C35H39N7O3. The Hall–Kier alpha value is -4.67. The highest BCUT2D eigenvalue weighted by molar-refractivity contribution is 5.79. The van der Waals surface area contributed by atoms with Crippen LogP contribution in [-0.2, 0) is 17.7 Å². The first-order chi connectivity index (χ1) is 22.2. The predicted molar refractivity (Wildman–Crippen MR) is 172 cm³/mol. The van der Waals surface area contributed by atoms with Crippen LogP contribution in [0.2, 0.25) is 0 Å². The van der Waals surface area contributed by atoms with Gasteiger partial charge in [-0.05, 0) is 60.4 Å². The number of carbonyl (C=O) groups is 1. The predicted octanol–water partition coefficient (Wildman–Crippen LogP) is 4.61. The Morgan fingerprint density at radius 1 is 1.02 bits per heavy atom. The number of nitrogens with one attached hydrogen (secondary N) is 2. The van der Waals surface area contributed by atoms with E-state index in [-0.39, 0.29) is 18.3 Å². The number of benzene rings is 2. The first-order valence-corrected chi connectivity index (χ1v) is 15.7. The van der Waals surface area contributed by atoms with Crippen molar-refractivity contribution in [2.75, 3.05) is 46.4 Å². The lowest BCUT2D eigenvalue weighted by Gasteiger charge is -2.40. The minimum atomic E-state index is -0.234. The molecule has 232 valence electrons. The van der Waals surface area contributed by atoms with Gasteiger partial charge in [0.2, 0.25) is 0 Å². The van der Waals surface area contributed by atoms with E-state index >= 15 is 0 Å². The van der Waals surface area contributed by atoms with Gasteiger partial charge in [-0.25, -0.2) is 9.78 Å². The minimum absolute atomic E-state index is 0.00207. The first-order valence-electron chi connectivity index (χ1n) is 15.7. The summed E-state index contributed by atoms with van der Waals surface area (Å²) < 4.78 is 13.4. The number of aromatic nitrogens is 3. The van der Waals surface area contributed by atoms with Crippen LogP contribution in [0.3, 0.4) is 0 Å². The number of pyridine rings is 1. The van der Waals surface area contributed by atoms with Crippen LogP contribution in [0.4, 0.5) is 4.79 Å². The molecule has 2 N–H and O–H groups in total. The maximum atomic E-state index is 13.0. The number of nitrogens with zero attached hydrogens (tertiary/aromatic N) is 5. The van der Waals surface area contributed by atoms with Gasteiger partial charge in [0.25, 0.3) is 0 Å². The molecule has 0 radical (unpaired) electrons. The zero-order chi connectivity index (χ0) is 30.6. The monoisotopic (exact) mass is 605 g/mol. The average Bonchev–Trinajstić information content (AvgIpc) is 3.66. The molecule has 5 heterocycles. The van der Waals surface area contributed by atoms with Gasteiger partial charge in [-0.2, -0.15) is 0 Å². The molecule has 45 heavy (non-hydrogen) atoms. The fourth-order valence-electron chi connectivity index (χ4n) is 6.61. The van der Waals surface area contributed by atoms with Gasteiger partial charge in [-0.15, -0.1) is 0 Å². The van der Waals surface area contributed by atoms with Gasteiger partial charge in [-0.3, -0.25) is 14.5 Å². The number of piperazine rings is 1. The standard InChI is InChI=1S/C27H30N6O2.C8H9NO/c1-28-16-19-17-33-25(30-19)10-11-29-26(33)31-12-14-32(15-13-31)27(34)35-18-24-22-8-4-2-6-20(22)21-7-3-5-9-23(21)24;1-4-8-7(9-5-1)3-2-6-10-8/h2-11,17,24,26,28-29H,12-16,18H2,1H3;1,4-5H,2-3,6H2. The van der Waals surface area contributed by atoms with E-state index in [0.29, 0.717) is 19.7 Å². The molecule has 2 aromatic carbocycles. The van der Waals surface area contributed by atoms with E-state index in [0.717, 1.165) is 62.0 Å². The topological polar surface area (TPSA) is 96.8 Å². The number of amides is 1. The smallest absolute Gasteiger partial charge is 0.409 e. The number of carbonyl (C=O) groups excluding carboxylic acids is 1. The highest BCUT2D eigenvalue weighted by atomic mass is 16.6. The summed E-state index contributed by atoms with van der Waals surface area (Å²) in [6.07, 6.45) is 9.77. The van der Waals surface area contributed by atoms with Gasteiger partial charge in [0, 0.05) is 57.2 Å². The number of ether oxygens (including phenoxy) is 2. The van der Waals surface area contributed by atoms with E-state index in [4.69, 9.17) is 9.47 Å². The first kappa shape index (κ1) is 29.1. The summed E-state index contributed by atoms with van der Waals surface area (Å²) in [5, 5.41) is 6.60. The van der Waals surface area contributed by atoms with Crippen LogP contribution in [0.25, 0.3) is 17.2 Å². The van der Waals surface area contributed by atoms with Crippen LogP contribution in [0, 0.1) is 0 Å². The number of fused-ring (bicyclic) bond motifs is 5. The van der Waals surface area contributed by atoms with Crippen LogP contribution in [0.5, 0.6) is 5.75 Å². The molecule has 1 fully saturated rings. The maximum Gasteiger partial charge on any atom is 0.409 e. The Morgan fingerprint density at radius 2 is 1.78 bits per heavy atom. The molecule has 4 aromatic rings. The van der Waals surface area contributed by atoms with E-state index in [1.165, 1.54) is 22.3 Å². The molecule has 0 bridgehead atoms. The summed E-state index contributed by atoms with van der Waals surface area (Å²) in [6.45, 7) is 4.71. The molecular weight excluding hydrogens is 566 g/mol. The largest absolute Gasteiger partial charge is 0.492 e. The molecule has 0 spiro atoms. The average molecular weight is 606 g/mol. The number of aryl methyl sites for hydroxylation is 1. The van der Waals surface area contributed by atoms with Crippen molar-refractivity contribution in [2.24, 2.45) is 0 Å². The third-order valence-corrected chi connectivity index (χ3v) is 8.83. The van der Waals surface area contributed by atoms with Gasteiger partial charge < -0.3 is 25.0 Å². The molecule has 1 amide bonds. The molecule has 1 atom stereocenters. The summed E-state index contributed by atoms with van der Waals surface area (Å²) in [4.78, 5) is 26.0. The lowest BCUT2D eigenvalue weighted by molar-refractivity contribution is 0.0391. The third kappa shape index (κ3) is 6.03. The molecule has 10 nitrogen and oxygen atoms in total.